The van der Waals surface area contributed by atoms with Crippen molar-refractivity contribution < 1.29 is 0 Å². The monoisotopic (exact) mass is 367 g/mol. The fraction of sp³-hybridized carbons (Fsp3) is 0.929. The van der Waals surface area contributed by atoms with Crippen molar-refractivity contribution in [3.05, 3.63) is 0 Å². The standard InChI is InChI=1S/C14H29N3.HI/c1-5-12(3)17-13(15-4)16-11-14(6-2)9-7-8-10-14;/h12H,5-11H2,1-4H3,(H2,15,16,17);1H. The summed E-state index contributed by atoms with van der Waals surface area (Å²) in [5.41, 5.74) is 0.521. The lowest BCUT2D eigenvalue weighted by molar-refractivity contribution is 0.283. The Morgan fingerprint density at radius 3 is 2.33 bits per heavy atom. The zero-order valence-electron chi connectivity index (χ0n) is 12.4. The summed E-state index contributed by atoms with van der Waals surface area (Å²) in [5.74, 6) is 0.957. The van der Waals surface area contributed by atoms with Crippen molar-refractivity contribution in [2.75, 3.05) is 13.6 Å². The van der Waals surface area contributed by atoms with Crippen LogP contribution in [0.5, 0.6) is 0 Å². The van der Waals surface area contributed by atoms with Crippen LogP contribution < -0.4 is 10.6 Å². The minimum atomic E-state index is 0. The predicted molar refractivity (Wildman–Crippen MR) is 90.9 cm³/mol. The van der Waals surface area contributed by atoms with E-state index in [1.807, 2.05) is 7.05 Å². The van der Waals surface area contributed by atoms with Crippen LogP contribution in [0.4, 0.5) is 0 Å². The van der Waals surface area contributed by atoms with Crippen LogP contribution in [0.15, 0.2) is 4.99 Å². The molecule has 108 valence electrons. The molecule has 0 aromatic rings. The molecule has 0 aromatic carbocycles. The molecule has 1 aliphatic carbocycles. The summed E-state index contributed by atoms with van der Waals surface area (Å²) in [7, 11) is 1.85. The van der Waals surface area contributed by atoms with Crippen LogP contribution in [-0.2, 0) is 0 Å². The number of nitrogens with zero attached hydrogens (tertiary/aromatic N) is 1. The summed E-state index contributed by atoms with van der Waals surface area (Å²) >= 11 is 0. The molecule has 0 spiro atoms. The average molecular weight is 367 g/mol. The Morgan fingerprint density at radius 2 is 1.89 bits per heavy atom. The van der Waals surface area contributed by atoms with Gasteiger partial charge < -0.3 is 10.6 Å². The highest BCUT2D eigenvalue weighted by molar-refractivity contribution is 14.0. The molecular formula is C14H30IN3. The molecule has 2 N–H and O–H groups in total. The fourth-order valence-corrected chi connectivity index (χ4v) is 2.58. The number of hydrogen-bond acceptors (Lipinski definition) is 1. The van der Waals surface area contributed by atoms with Crippen LogP contribution in [0.25, 0.3) is 0 Å². The van der Waals surface area contributed by atoms with E-state index in [4.69, 9.17) is 0 Å². The molecular weight excluding hydrogens is 337 g/mol. The molecule has 0 aliphatic heterocycles. The lowest BCUT2D eigenvalue weighted by Gasteiger charge is -2.29. The molecule has 0 heterocycles. The van der Waals surface area contributed by atoms with Gasteiger partial charge in [-0.2, -0.15) is 0 Å². The Bertz CT molecular complexity index is 247. The largest absolute Gasteiger partial charge is 0.356 e. The van der Waals surface area contributed by atoms with Crippen LogP contribution in [0.1, 0.15) is 59.3 Å². The van der Waals surface area contributed by atoms with Crippen molar-refractivity contribution >= 4 is 29.9 Å². The molecule has 4 heteroatoms. The number of rotatable bonds is 5. The van der Waals surface area contributed by atoms with Crippen LogP contribution in [0, 0.1) is 5.41 Å². The van der Waals surface area contributed by atoms with Gasteiger partial charge in [0, 0.05) is 19.6 Å². The summed E-state index contributed by atoms with van der Waals surface area (Å²) in [5, 5.41) is 6.93. The van der Waals surface area contributed by atoms with Crippen molar-refractivity contribution in [2.45, 2.75) is 65.3 Å². The summed E-state index contributed by atoms with van der Waals surface area (Å²) in [6.07, 6.45) is 7.94. The Hall–Kier alpha value is 0. The van der Waals surface area contributed by atoms with Gasteiger partial charge in [-0.1, -0.05) is 26.7 Å². The Labute approximate surface area is 130 Å². The van der Waals surface area contributed by atoms with E-state index in [1.54, 1.807) is 0 Å². The van der Waals surface area contributed by atoms with Gasteiger partial charge in [0.2, 0.25) is 0 Å². The molecule has 0 amide bonds. The van der Waals surface area contributed by atoms with E-state index >= 15 is 0 Å². The third kappa shape index (κ3) is 5.33. The highest BCUT2D eigenvalue weighted by atomic mass is 127. The smallest absolute Gasteiger partial charge is 0.191 e. The molecule has 3 nitrogen and oxygen atoms in total. The minimum absolute atomic E-state index is 0. The number of nitrogens with one attached hydrogen (secondary N) is 2. The van der Waals surface area contributed by atoms with E-state index in [0.29, 0.717) is 11.5 Å². The molecule has 1 saturated carbocycles. The fourth-order valence-electron chi connectivity index (χ4n) is 2.58. The Morgan fingerprint density at radius 1 is 1.28 bits per heavy atom. The van der Waals surface area contributed by atoms with Crippen LogP contribution >= 0.6 is 24.0 Å². The molecule has 1 unspecified atom stereocenters. The van der Waals surface area contributed by atoms with E-state index in [0.717, 1.165) is 18.9 Å². The van der Waals surface area contributed by atoms with Crippen LogP contribution in [0.2, 0.25) is 0 Å². The van der Waals surface area contributed by atoms with Gasteiger partial charge >= 0.3 is 0 Å². The predicted octanol–water partition coefficient (Wildman–Crippen LogP) is 3.54. The maximum absolute atomic E-state index is 4.30. The van der Waals surface area contributed by atoms with Crippen molar-refractivity contribution in [1.82, 2.24) is 10.6 Å². The van der Waals surface area contributed by atoms with E-state index < -0.39 is 0 Å². The Balaban J connectivity index is 0.00000289. The van der Waals surface area contributed by atoms with Crippen LogP contribution in [0.3, 0.4) is 0 Å². The zero-order chi connectivity index (χ0) is 12.7. The SMILES string of the molecule is CCC(C)NC(=NC)NCC1(CC)CCCC1.I. The molecule has 1 aliphatic rings. The molecule has 0 bridgehead atoms. The zero-order valence-corrected chi connectivity index (χ0v) is 14.7. The molecule has 18 heavy (non-hydrogen) atoms. The second-order valence-corrected chi connectivity index (χ2v) is 5.44. The lowest BCUT2D eigenvalue weighted by Crippen LogP contribution is -2.45. The third-order valence-corrected chi connectivity index (χ3v) is 4.26. The second kappa shape index (κ2) is 8.99. The number of halogens is 1. The van der Waals surface area contributed by atoms with Gasteiger partial charge in [-0.15, -0.1) is 24.0 Å². The van der Waals surface area contributed by atoms with E-state index in [1.165, 1.54) is 32.1 Å². The van der Waals surface area contributed by atoms with E-state index in [-0.39, 0.29) is 24.0 Å². The molecule has 1 rings (SSSR count). The van der Waals surface area contributed by atoms with Crippen molar-refractivity contribution in [3.63, 3.8) is 0 Å². The summed E-state index contributed by atoms with van der Waals surface area (Å²) < 4.78 is 0. The first-order chi connectivity index (χ1) is 8.15. The van der Waals surface area contributed by atoms with Crippen molar-refractivity contribution in [3.8, 4) is 0 Å². The highest BCUT2D eigenvalue weighted by Crippen LogP contribution is 2.40. The lowest BCUT2D eigenvalue weighted by atomic mass is 9.83. The van der Waals surface area contributed by atoms with Gasteiger partial charge in [-0.3, -0.25) is 4.99 Å². The van der Waals surface area contributed by atoms with Gasteiger partial charge in [0.25, 0.3) is 0 Å². The molecule has 0 saturated heterocycles. The van der Waals surface area contributed by atoms with Gasteiger partial charge in [-0.25, -0.2) is 0 Å². The normalized spacial score (nSPS) is 20.1. The first-order valence-corrected chi connectivity index (χ1v) is 7.13. The first kappa shape index (κ1) is 18.0. The maximum Gasteiger partial charge on any atom is 0.191 e. The molecule has 0 radical (unpaired) electrons. The summed E-state index contributed by atoms with van der Waals surface area (Å²) in [6.45, 7) is 7.77. The maximum atomic E-state index is 4.30. The number of aliphatic imine (C=N–C) groups is 1. The third-order valence-electron chi connectivity index (χ3n) is 4.26. The molecule has 0 aromatic heterocycles. The first-order valence-electron chi connectivity index (χ1n) is 7.13. The molecule has 1 fully saturated rings. The number of hydrogen-bond donors (Lipinski definition) is 2. The quantitative estimate of drug-likeness (QED) is 0.443. The second-order valence-electron chi connectivity index (χ2n) is 5.44. The van der Waals surface area contributed by atoms with Crippen molar-refractivity contribution in [1.29, 1.82) is 0 Å². The molecule has 1 atom stereocenters. The highest BCUT2D eigenvalue weighted by Gasteiger charge is 2.31. The average Bonchev–Trinajstić information content (AvgIpc) is 2.83. The minimum Gasteiger partial charge on any atom is -0.356 e. The van der Waals surface area contributed by atoms with Gasteiger partial charge in [0.05, 0.1) is 0 Å². The van der Waals surface area contributed by atoms with Gasteiger partial charge in [0.1, 0.15) is 0 Å². The number of guanidine groups is 1. The topological polar surface area (TPSA) is 36.4 Å². The summed E-state index contributed by atoms with van der Waals surface area (Å²) in [4.78, 5) is 4.30. The van der Waals surface area contributed by atoms with Gasteiger partial charge in [-0.05, 0) is 38.0 Å². The Kier molecular flexibility index (Phi) is 8.99. The summed E-state index contributed by atoms with van der Waals surface area (Å²) in [6, 6.07) is 0.488. The van der Waals surface area contributed by atoms with E-state index in [2.05, 4.69) is 36.4 Å². The van der Waals surface area contributed by atoms with Gasteiger partial charge in [0.15, 0.2) is 5.96 Å². The van der Waals surface area contributed by atoms with Crippen molar-refractivity contribution in [2.24, 2.45) is 10.4 Å². The van der Waals surface area contributed by atoms with E-state index in [9.17, 15) is 0 Å². The van der Waals surface area contributed by atoms with Crippen LogP contribution in [-0.4, -0.2) is 25.6 Å².